The fourth-order valence-corrected chi connectivity index (χ4v) is 3.46. The first-order valence-electron chi connectivity index (χ1n) is 6.50. The lowest BCUT2D eigenvalue weighted by atomic mass is 10.1. The quantitative estimate of drug-likeness (QED) is 0.628. The first kappa shape index (κ1) is 15.0. The summed E-state index contributed by atoms with van der Waals surface area (Å²) < 4.78 is 34.1. The van der Waals surface area contributed by atoms with Crippen molar-refractivity contribution in [2.45, 2.75) is 37.2 Å². The lowest BCUT2D eigenvalue weighted by Crippen LogP contribution is -2.18. The third kappa shape index (κ3) is 3.37. The van der Waals surface area contributed by atoms with E-state index < -0.39 is 16.2 Å². The largest absolute Gasteiger partial charge is 0.469 e. The molecule has 0 heterocycles. The van der Waals surface area contributed by atoms with Crippen molar-refractivity contribution in [3.63, 3.8) is 0 Å². The van der Waals surface area contributed by atoms with Crippen molar-refractivity contribution in [1.29, 1.82) is 0 Å². The van der Waals surface area contributed by atoms with Crippen LogP contribution >= 0.6 is 0 Å². The predicted octanol–water partition coefficient (Wildman–Crippen LogP) is 2.04. The van der Waals surface area contributed by atoms with Crippen LogP contribution in [0.2, 0.25) is 0 Å². The van der Waals surface area contributed by atoms with Crippen molar-refractivity contribution in [1.82, 2.24) is 0 Å². The zero-order valence-corrected chi connectivity index (χ0v) is 12.4. The molecular weight excluding hydrogens is 280 g/mol. The Labute approximate surface area is 119 Å². The van der Waals surface area contributed by atoms with Crippen molar-refractivity contribution in [2.24, 2.45) is 5.92 Å². The Morgan fingerprint density at radius 1 is 1.20 bits per heavy atom. The van der Waals surface area contributed by atoms with Crippen LogP contribution in [0.1, 0.15) is 24.8 Å². The molecule has 6 heteroatoms. The molecule has 20 heavy (non-hydrogen) atoms. The number of methoxy groups -OCH3 is 1. The van der Waals surface area contributed by atoms with Gasteiger partial charge < -0.3 is 4.74 Å². The minimum atomic E-state index is -3.77. The smallest absolute Gasteiger partial charge is 0.308 e. The number of carbonyl (C=O) groups excluding carboxylic acids is 1. The van der Waals surface area contributed by atoms with Gasteiger partial charge in [0.05, 0.1) is 24.0 Å². The number of carbonyl (C=O) groups is 1. The second-order valence-electron chi connectivity index (χ2n) is 5.02. The zero-order valence-electron chi connectivity index (χ0n) is 11.5. The normalized spacial score (nSPS) is 22.7. The van der Waals surface area contributed by atoms with Crippen LogP contribution in [0.15, 0.2) is 29.2 Å². The molecule has 0 saturated heterocycles. The van der Waals surface area contributed by atoms with Crippen molar-refractivity contribution in [3.05, 3.63) is 29.8 Å². The molecule has 1 aromatic carbocycles. The van der Waals surface area contributed by atoms with Gasteiger partial charge in [0.2, 0.25) is 0 Å². The topological polar surface area (TPSA) is 69.7 Å². The van der Waals surface area contributed by atoms with Gasteiger partial charge in [0.25, 0.3) is 10.1 Å². The van der Waals surface area contributed by atoms with E-state index in [1.807, 2.05) is 6.92 Å². The molecule has 1 fully saturated rings. The second kappa shape index (κ2) is 5.93. The average Bonchev–Trinajstić information content (AvgIpc) is 2.86. The Bertz CT molecular complexity index is 576. The van der Waals surface area contributed by atoms with Crippen molar-refractivity contribution in [2.75, 3.05) is 7.11 Å². The lowest BCUT2D eigenvalue weighted by Gasteiger charge is -2.12. The molecule has 0 aliphatic heterocycles. The summed E-state index contributed by atoms with van der Waals surface area (Å²) in [7, 11) is -2.44. The zero-order chi connectivity index (χ0) is 14.8. The third-order valence-corrected chi connectivity index (χ3v) is 4.87. The monoisotopic (exact) mass is 298 g/mol. The average molecular weight is 298 g/mol. The molecule has 2 rings (SSSR count). The summed E-state index contributed by atoms with van der Waals surface area (Å²) in [6, 6.07) is 6.50. The maximum absolute atomic E-state index is 12.1. The number of aryl methyl sites for hydroxylation is 1. The number of hydrogen-bond acceptors (Lipinski definition) is 5. The molecule has 1 aliphatic carbocycles. The molecule has 2 atom stereocenters. The highest BCUT2D eigenvalue weighted by Gasteiger charge is 2.34. The van der Waals surface area contributed by atoms with Gasteiger partial charge in [-0.3, -0.25) is 8.98 Å². The van der Waals surface area contributed by atoms with Crippen molar-refractivity contribution in [3.8, 4) is 0 Å². The molecule has 0 N–H and O–H groups in total. The van der Waals surface area contributed by atoms with Crippen LogP contribution < -0.4 is 0 Å². The van der Waals surface area contributed by atoms with Gasteiger partial charge in [0.1, 0.15) is 0 Å². The van der Waals surface area contributed by atoms with Crippen LogP contribution in [0.5, 0.6) is 0 Å². The van der Waals surface area contributed by atoms with Crippen molar-refractivity contribution < 1.29 is 22.1 Å². The Balaban J connectivity index is 2.03. The van der Waals surface area contributed by atoms with Crippen LogP contribution in [0, 0.1) is 12.8 Å². The number of hydrogen-bond donors (Lipinski definition) is 0. The minimum absolute atomic E-state index is 0.143. The van der Waals surface area contributed by atoms with Crippen molar-refractivity contribution >= 4 is 16.1 Å². The van der Waals surface area contributed by atoms with Gasteiger partial charge in [0.15, 0.2) is 0 Å². The fourth-order valence-electron chi connectivity index (χ4n) is 2.35. The minimum Gasteiger partial charge on any atom is -0.469 e. The highest BCUT2D eigenvalue weighted by Crippen LogP contribution is 2.31. The van der Waals surface area contributed by atoms with E-state index in [1.54, 1.807) is 12.1 Å². The summed E-state index contributed by atoms with van der Waals surface area (Å²) in [5.74, 6) is -0.568. The van der Waals surface area contributed by atoms with Gasteiger partial charge in [-0.1, -0.05) is 17.7 Å². The molecule has 0 unspecified atom stereocenters. The molecule has 0 aromatic heterocycles. The Hall–Kier alpha value is -1.40. The molecule has 5 nitrogen and oxygen atoms in total. The highest BCUT2D eigenvalue weighted by molar-refractivity contribution is 7.86. The van der Waals surface area contributed by atoms with Gasteiger partial charge in [-0.05, 0) is 38.3 Å². The van der Waals surface area contributed by atoms with Gasteiger partial charge in [0, 0.05) is 0 Å². The Morgan fingerprint density at radius 3 is 2.45 bits per heavy atom. The predicted molar refractivity (Wildman–Crippen MR) is 72.6 cm³/mol. The van der Waals surface area contributed by atoms with E-state index in [1.165, 1.54) is 19.2 Å². The van der Waals surface area contributed by atoms with E-state index in [9.17, 15) is 13.2 Å². The number of ether oxygens (including phenoxy) is 1. The van der Waals surface area contributed by atoms with E-state index in [0.29, 0.717) is 19.3 Å². The van der Waals surface area contributed by atoms with Crippen LogP contribution in [0.25, 0.3) is 0 Å². The van der Waals surface area contributed by atoms with E-state index in [4.69, 9.17) is 4.18 Å². The maximum atomic E-state index is 12.1. The highest BCUT2D eigenvalue weighted by atomic mass is 32.2. The Morgan fingerprint density at radius 2 is 1.85 bits per heavy atom. The first-order chi connectivity index (χ1) is 9.42. The second-order valence-corrected chi connectivity index (χ2v) is 6.59. The van der Waals surface area contributed by atoms with Crippen LogP contribution in [0.4, 0.5) is 0 Å². The first-order valence-corrected chi connectivity index (χ1v) is 7.91. The molecule has 1 aliphatic rings. The SMILES string of the molecule is COC(=O)[C@H]1CC[C@H](OS(=O)(=O)c2ccc(C)cc2)C1. The molecule has 1 saturated carbocycles. The van der Waals surface area contributed by atoms with Gasteiger partial charge in [-0.25, -0.2) is 0 Å². The summed E-state index contributed by atoms with van der Waals surface area (Å²) in [6.45, 7) is 1.88. The molecular formula is C14H18O5S. The van der Waals surface area contributed by atoms with Crippen LogP contribution in [0.3, 0.4) is 0 Å². The van der Waals surface area contributed by atoms with E-state index in [2.05, 4.69) is 4.74 Å². The lowest BCUT2D eigenvalue weighted by molar-refractivity contribution is -0.145. The summed E-state index contributed by atoms with van der Waals surface area (Å²) >= 11 is 0. The summed E-state index contributed by atoms with van der Waals surface area (Å²) in [5, 5.41) is 0. The summed E-state index contributed by atoms with van der Waals surface area (Å²) in [5.41, 5.74) is 0.982. The third-order valence-electron chi connectivity index (χ3n) is 3.49. The van der Waals surface area contributed by atoms with E-state index in [-0.39, 0.29) is 16.8 Å². The summed E-state index contributed by atoms with van der Waals surface area (Å²) in [6.07, 6.45) is 1.08. The van der Waals surface area contributed by atoms with Gasteiger partial charge in [-0.15, -0.1) is 0 Å². The van der Waals surface area contributed by atoms with Crippen LogP contribution in [-0.2, 0) is 23.8 Å². The molecule has 0 amide bonds. The van der Waals surface area contributed by atoms with E-state index >= 15 is 0 Å². The number of benzene rings is 1. The number of esters is 1. The number of rotatable bonds is 4. The van der Waals surface area contributed by atoms with Crippen LogP contribution in [-0.4, -0.2) is 27.6 Å². The van der Waals surface area contributed by atoms with E-state index in [0.717, 1.165) is 5.56 Å². The van der Waals surface area contributed by atoms with Gasteiger partial charge in [-0.2, -0.15) is 8.42 Å². The molecule has 0 spiro atoms. The fraction of sp³-hybridized carbons (Fsp3) is 0.500. The molecule has 1 aromatic rings. The van der Waals surface area contributed by atoms with Gasteiger partial charge >= 0.3 is 5.97 Å². The molecule has 0 radical (unpaired) electrons. The summed E-state index contributed by atoms with van der Waals surface area (Å²) in [4.78, 5) is 11.5. The maximum Gasteiger partial charge on any atom is 0.308 e. The molecule has 0 bridgehead atoms. The Kier molecular flexibility index (Phi) is 4.45. The molecule has 110 valence electrons. The standard InChI is InChI=1S/C14H18O5S/c1-10-3-7-13(8-4-10)20(16,17)19-12-6-5-11(9-12)14(15)18-2/h3-4,7-8,11-12H,5-6,9H2,1-2H3/t11-,12-/m0/s1.